The number of carbonyl (C=O) groups excluding carboxylic acids is 1. The Balaban J connectivity index is 2.36. The van der Waals surface area contributed by atoms with Crippen LogP contribution in [0.1, 0.15) is 44.9 Å². The first-order valence-corrected chi connectivity index (χ1v) is 8.31. The van der Waals surface area contributed by atoms with Gasteiger partial charge in [0.25, 0.3) is 0 Å². The maximum absolute atomic E-state index is 11.8. The Morgan fingerprint density at radius 3 is 2.42 bits per heavy atom. The molecule has 1 saturated carbocycles. The Bertz CT molecular complexity index is 292. The number of rotatable bonds is 6. The number of hydrogen-bond acceptors (Lipinski definition) is 3. The smallest absolute Gasteiger partial charge is 0.326 e. The van der Waals surface area contributed by atoms with Crippen LogP contribution in [-0.2, 0) is 4.79 Å². The lowest BCUT2D eigenvalue weighted by molar-refractivity contribution is -0.139. The SMILES string of the molecule is CSCC[C@H](NC(=O)NC1CCCCCC1)C(=O)O. The van der Waals surface area contributed by atoms with Gasteiger partial charge in [0.1, 0.15) is 6.04 Å². The highest BCUT2D eigenvalue weighted by Crippen LogP contribution is 2.17. The molecule has 0 aromatic heterocycles. The van der Waals surface area contributed by atoms with E-state index in [2.05, 4.69) is 10.6 Å². The molecule has 1 atom stereocenters. The molecule has 19 heavy (non-hydrogen) atoms. The fourth-order valence-corrected chi connectivity index (χ4v) is 2.77. The normalized spacial score (nSPS) is 18.4. The maximum Gasteiger partial charge on any atom is 0.326 e. The molecule has 1 aliphatic carbocycles. The van der Waals surface area contributed by atoms with E-state index in [-0.39, 0.29) is 12.1 Å². The van der Waals surface area contributed by atoms with Gasteiger partial charge >= 0.3 is 12.0 Å². The predicted octanol–water partition coefficient (Wildman–Crippen LogP) is 2.21. The zero-order valence-electron chi connectivity index (χ0n) is 11.5. The average molecular weight is 288 g/mol. The number of hydrogen-bond donors (Lipinski definition) is 3. The van der Waals surface area contributed by atoms with Gasteiger partial charge in [-0.1, -0.05) is 25.7 Å². The van der Waals surface area contributed by atoms with E-state index in [4.69, 9.17) is 5.11 Å². The monoisotopic (exact) mass is 288 g/mol. The Kier molecular flexibility index (Phi) is 7.70. The minimum atomic E-state index is -0.968. The Hall–Kier alpha value is -0.910. The molecule has 0 aromatic carbocycles. The molecule has 0 radical (unpaired) electrons. The fourth-order valence-electron chi connectivity index (χ4n) is 2.30. The molecular formula is C13H24N2O3S. The first-order valence-electron chi connectivity index (χ1n) is 6.92. The van der Waals surface area contributed by atoms with E-state index in [0.717, 1.165) is 31.4 Å². The summed E-state index contributed by atoms with van der Waals surface area (Å²) in [4.78, 5) is 22.8. The zero-order valence-corrected chi connectivity index (χ0v) is 12.3. The van der Waals surface area contributed by atoms with Crippen LogP contribution in [0, 0.1) is 0 Å². The summed E-state index contributed by atoms with van der Waals surface area (Å²) in [6.07, 6.45) is 9.10. The number of carbonyl (C=O) groups is 2. The van der Waals surface area contributed by atoms with Crippen molar-refractivity contribution in [3.8, 4) is 0 Å². The van der Waals surface area contributed by atoms with Crippen LogP contribution >= 0.6 is 11.8 Å². The minimum absolute atomic E-state index is 0.192. The van der Waals surface area contributed by atoms with Gasteiger partial charge in [-0.25, -0.2) is 9.59 Å². The lowest BCUT2D eigenvalue weighted by Gasteiger charge is -2.19. The second-order valence-corrected chi connectivity index (χ2v) is 5.96. The van der Waals surface area contributed by atoms with Crippen molar-refractivity contribution in [2.24, 2.45) is 0 Å². The molecule has 110 valence electrons. The van der Waals surface area contributed by atoms with E-state index in [0.29, 0.717) is 6.42 Å². The molecular weight excluding hydrogens is 264 g/mol. The van der Waals surface area contributed by atoms with Crippen molar-refractivity contribution >= 4 is 23.8 Å². The standard InChI is InChI=1S/C13H24N2O3S/c1-19-9-8-11(12(16)17)15-13(18)14-10-6-4-2-3-5-7-10/h10-11H,2-9H2,1H3,(H,16,17)(H2,14,15,18)/t11-/m0/s1. The van der Waals surface area contributed by atoms with Crippen molar-refractivity contribution in [1.29, 1.82) is 0 Å². The molecule has 5 nitrogen and oxygen atoms in total. The van der Waals surface area contributed by atoms with E-state index >= 15 is 0 Å². The third-order valence-corrected chi connectivity index (χ3v) is 4.05. The third kappa shape index (κ3) is 6.71. The second-order valence-electron chi connectivity index (χ2n) is 4.98. The summed E-state index contributed by atoms with van der Waals surface area (Å²) in [6.45, 7) is 0. The summed E-state index contributed by atoms with van der Waals surface area (Å²) in [5.74, 6) is -0.245. The van der Waals surface area contributed by atoms with Crippen molar-refractivity contribution in [2.75, 3.05) is 12.0 Å². The summed E-state index contributed by atoms with van der Waals surface area (Å²) in [5.41, 5.74) is 0. The van der Waals surface area contributed by atoms with Gasteiger partial charge in [0.15, 0.2) is 0 Å². The molecule has 0 unspecified atom stereocenters. The number of thioether (sulfide) groups is 1. The number of amides is 2. The van der Waals surface area contributed by atoms with Crippen molar-refractivity contribution in [1.82, 2.24) is 10.6 Å². The summed E-state index contributed by atoms with van der Waals surface area (Å²) in [6, 6.07) is -0.948. The number of urea groups is 1. The molecule has 2 amide bonds. The third-order valence-electron chi connectivity index (χ3n) is 3.40. The number of carboxylic acid groups (broad SMARTS) is 1. The molecule has 1 aliphatic rings. The fraction of sp³-hybridized carbons (Fsp3) is 0.846. The largest absolute Gasteiger partial charge is 0.480 e. The van der Waals surface area contributed by atoms with Gasteiger partial charge in [0, 0.05) is 6.04 Å². The molecule has 0 heterocycles. The van der Waals surface area contributed by atoms with Gasteiger partial charge in [-0.3, -0.25) is 0 Å². The van der Waals surface area contributed by atoms with Gasteiger partial charge < -0.3 is 15.7 Å². The number of nitrogens with one attached hydrogen (secondary N) is 2. The molecule has 0 bridgehead atoms. The lowest BCUT2D eigenvalue weighted by Crippen LogP contribution is -2.49. The van der Waals surface area contributed by atoms with Crippen molar-refractivity contribution in [3.63, 3.8) is 0 Å². The summed E-state index contributed by atoms with van der Waals surface area (Å²) in [5, 5.41) is 14.5. The molecule has 6 heteroatoms. The highest BCUT2D eigenvalue weighted by atomic mass is 32.2. The Labute approximate surface area is 118 Å². The van der Waals surface area contributed by atoms with Gasteiger partial charge in [-0.05, 0) is 31.3 Å². The van der Waals surface area contributed by atoms with Gasteiger partial charge in [0.05, 0.1) is 0 Å². The van der Waals surface area contributed by atoms with Crippen LogP contribution in [0.2, 0.25) is 0 Å². The number of aliphatic carboxylic acids is 1. The zero-order chi connectivity index (χ0) is 14.1. The lowest BCUT2D eigenvalue weighted by atomic mass is 10.1. The van der Waals surface area contributed by atoms with Gasteiger partial charge in [-0.2, -0.15) is 11.8 Å². The maximum atomic E-state index is 11.8. The van der Waals surface area contributed by atoms with Crippen LogP contribution in [0.5, 0.6) is 0 Å². The van der Waals surface area contributed by atoms with Crippen molar-refractivity contribution in [2.45, 2.75) is 57.0 Å². The predicted molar refractivity (Wildman–Crippen MR) is 77.6 cm³/mol. The second kappa shape index (κ2) is 9.07. The van der Waals surface area contributed by atoms with Crippen LogP contribution in [0.3, 0.4) is 0 Å². The van der Waals surface area contributed by atoms with Crippen LogP contribution in [0.25, 0.3) is 0 Å². The van der Waals surface area contributed by atoms with Crippen LogP contribution in [-0.4, -0.2) is 41.2 Å². The summed E-state index contributed by atoms with van der Waals surface area (Å²) in [7, 11) is 0. The molecule has 0 saturated heterocycles. The van der Waals surface area contributed by atoms with Gasteiger partial charge in [-0.15, -0.1) is 0 Å². The van der Waals surface area contributed by atoms with Crippen LogP contribution in [0.15, 0.2) is 0 Å². The van der Waals surface area contributed by atoms with Crippen molar-refractivity contribution < 1.29 is 14.7 Å². The van der Waals surface area contributed by atoms with E-state index < -0.39 is 12.0 Å². The molecule has 0 aromatic rings. The molecule has 0 aliphatic heterocycles. The van der Waals surface area contributed by atoms with Crippen molar-refractivity contribution in [3.05, 3.63) is 0 Å². The van der Waals surface area contributed by atoms with E-state index in [1.165, 1.54) is 12.8 Å². The highest BCUT2D eigenvalue weighted by molar-refractivity contribution is 7.98. The topological polar surface area (TPSA) is 78.4 Å². The molecule has 3 N–H and O–H groups in total. The Morgan fingerprint density at radius 2 is 1.89 bits per heavy atom. The van der Waals surface area contributed by atoms with Gasteiger partial charge in [0.2, 0.25) is 0 Å². The minimum Gasteiger partial charge on any atom is -0.480 e. The molecule has 1 fully saturated rings. The summed E-state index contributed by atoms with van der Waals surface area (Å²) >= 11 is 1.58. The van der Waals surface area contributed by atoms with E-state index in [1.807, 2.05) is 6.26 Å². The average Bonchev–Trinajstić information content (AvgIpc) is 2.62. The Morgan fingerprint density at radius 1 is 1.26 bits per heavy atom. The number of carboxylic acids is 1. The quantitative estimate of drug-likeness (QED) is 0.655. The first kappa shape index (κ1) is 16.1. The van der Waals surface area contributed by atoms with E-state index in [9.17, 15) is 9.59 Å². The highest BCUT2D eigenvalue weighted by Gasteiger charge is 2.21. The van der Waals surface area contributed by atoms with Crippen LogP contribution in [0.4, 0.5) is 4.79 Å². The summed E-state index contributed by atoms with van der Waals surface area (Å²) < 4.78 is 0. The van der Waals surface area contributed by atoms with Crippen LogP contribution < -0.4 is 10.6 Å². The van der Waals surface area contributed by atoms with E-state index in [1.54, 1.807) is 11.8 Å². The molecule has 0 spiro atoms. The molecule has 1 rings (SSSR count). The first-order chi connectivity index (χ1) is 9.13.